The lowest BCUT2D eigenvalue weighted by Gasteiger charge is -2.70. The molecule has 0 unspecified atom stereocenters. The van der Waals surface area contributed by atoms with E-state index in [9.17, 15) is 18.4 Å². The molecule has 3 aliphatic carbocycles. The summed E-state index contributed by atoms with van der Waals surface area (Å²) in [7, 11) is 1.42. The van der Waals surface area contributed by atoms with Crippen molar-refractivity contribution < 1.29 is 27.8 Å². The van der Waals surface area contributed by atoms with Crippen molar-refractivity contribution in [2.45, 2.75) is 30.3 Å². The summed E-state index contributed by atoms with van der Waals surface area (Å²) in [6.45, 7) is -0.265. The van der Waals surface area contributed by atoms with Gasteiger partial charge < -0.3 is 20.1 Å². The lowest BCUT2D eigenvalue weighted by molar-refractivity contribution is -0.141. The molecule has 3 aliphatic rings. The van der Waals surface area contributed by atoms with E-state index in [4.69, 9.17) is 21.1 Å². The number of amides is 2. The summed E-state index contributed by atoms with van der Waals surface area (Å²) in [6, 6.07) is 7.99. The van der Waals surface area contributed by atoms with Crippen LogP contribution in [0.15, 0.2) is 36.4 Å². The molecular weight excluding hydrogens is 418 g/mol. The number of halogens is 3. The average molecular weight is 437 g/mol. The van der Waals surface area contributed by atoms with Gasteiger partial charge in [-0.25, -0.2) is 8.78 Å². The van der Waals surface area contributed by atoms with Crippen LogP contribution in [-0.2, 0) is 4.79 Å². The van der Waals surface area contributed by atoms with Crippen LogP contribution in [0.2, 0.25) is 5.02 Å². The smallest absolute Gasteiger partial charge is 0.258 e. The van der Waals surface area contributed by atoms with Crippen LogP contribution < -0.4 is 20.1 Å². The first-order valence-corrected chi connectivity index (χ1v) is 9.66. The highest BCUT2D eigenvalue weighted by molar-refractivity contribution is 6.30. The fraction of sp³-hybridized carbons (Fsp3) is 0.333. The number of carbonyl (C=O) groups excluding carboxylic acids is 2. The van der Waals surface area contributed by atoms with Gasteiger partial charge in [-0.05, 0) is 43.5 Å². The molecular formula is C21H19ClF2N2O4. The van der Waals surface area contributed by atoms with E-state index in [1.54, 1.807) is 0 Å². The predicted molar refractivity (Wildman–Crippen MR) is 105 cm³/mol. The van der Waals surface area contributed by atoms with Gasteiger partial charge >= 0.3 is 0 Å². The van der Waals surface area contributed by atoms with Crippen LogP contribution in [0.1, 0.15) is 29.6 Å². The van der Waals surface area contributed by atoms with Crippen LogP contribution in [0.4, 0.5) is 8.78 Å². The molecule has 0 saturated heterocycles. The normalized spacial score (nSPS) is 23.6. The predicted octanol–water partition coefficient (Wildman–Crippen LogP) is 3.23. The van der Waals surface area contributed by atoms with E-state index in [-0.39, 0.29) is 28.8 Å². The van der Waals surface area contributed by atoms with Crippen molar-refractivity contribution in [3.8, 4) is 11.5 Å². The number of methoxy groups -OCH3 is 1. The number of carbonyl (C=O) groups is 2. The molecule has 2 aromatic rings. The Hall–Kier alpha value is -2.87. The van der Waals surface area contributed by atoms with Crippen LogP contribution >= 0.6 is 11.6 Å². The number of nitrogens with one attached hydrogen (secondary N) is 2. The SMILES string of the molecule is COc1ccc(C(=O)NC23CC(NC(=O)COc4ccc(Cl)c(F)c4)(C2)C3)c(F)c1. The van der Waals surface area contributed by atoms with Gasteiger partial charge in [0.15, 0.2) is 6.61 Å². The van der Waals surface area contributed by atoms with Crippen molar-refractivity contribution in [3.63, 3.8) is 0 Å². The third-order valence-electron chi connectivity index (χ3n) is 5.50. The molecule has 3 saturated carbocycles. The number of ether oxygens (including phenoxy) is 2. The van der Waals surface area contributed by atoms with Crippen LogP contribution in [-0.4, -0.2) is 36.6 Å². The highest BCUT2D eigenvalue weighted by Crippen LogP contribution is 2.60. The van der Waals surface area contributed by atoms with Gasteiger partial charge in [0.25, 0.3) is 11.8 Å². The van der Waals surface area contributed by atoms with E-state index >= 15 is 0 Å². The van der Waals surface area contributed by atoms with Crippen molar-refractivity contribution in [1.29, 1.82) is 0 Å². The number of hydrogen-bond donors (Lipinski definition) is 2. The fourth-order valence-electron chi connectivity index (χ4n) is 4.22. The molecule has 0 radical (unpaired) electrons. The van der Waals surface area contributed by atoms with Gasteiger partial charge in [0.05, 0.1) is 17.7 Å². The van der Waals surface area contributed by atoms with Crippen LogP contribution in [0.5, 0.6) is 11.5 Å². The maximum Gasteiger partial charge on any atom is 0.258 e. The summed E-state index contributed by atoms with van der Waals surface area (Å²) < 4.78 is 37.7. The first-order chi connectivity index (χ1) is 14.2. The monoisotopic (exact) mass is 436 g/mol. The van der Waals surface area contributed by atoms with Gasteiger partial charge in [-0.1, -0.05) is 11.6 Å². The molecule has 158 valence electrons. The van der Waals surface area contributed by atoms with E-state index in [0.29, 0.717) is 25.0 Å². The second-order valence-corrected chi connectivity index (χ2v) is 8.21. The summed E-state index contributed by atoms with van der Waals surface area (Å²) >= 11 is 5.61. The van der Waals surface area contributed by atoms with E-state index < -0.39 is 28.6 Å². The summed E-state index contributed by atoms with van der Waals surface area (Å²) in [5.74, 6) is -1.58. The number of benzene rings is 2. The molecule has 3 fully saturated rings. The molecule has 0 heterocycles. The second kappa shape index (κ2) is 7.43. The molecule has 2 N–H and O–H groups in total. The van der Waals surface area contributed by atoms with E-state index in [0.717, 1.165) is 12.1 Å². The van der Waals surface area contributed by atoms with Gasteiger partial charge in [0.1, 0.15) is 23.1 Å². The van der Waals surface area contributed by atoms with Gasteiger partial charge in [0.2, 0.25) is 0 Å². The fourth-order valence-corrected chi connectivity index (χ4v) is 4.33. The Morgan fingerprint density at radius 2 is 1.63 bits per heavy atom. The maximum atomic E-state index is 14.1. The van der Waals surface area contributed by atoms with Crippen molar-refractivity contribution in [1.82, 2.24) is 10.6 Å². The summed E-state index contributed by atoms with van der Waals surface area (Å²) in [5, 5.41) is 5.73. The standard InChI is InChI=1S/C21H19ClF2N2O4/c1-29-12-2-4-14(16(23)6-12)19(28)26-21-9-20(10-21,11-21)25-18(27)8-30-13-3-5-15(22)17(24)7-13/h2-7H,8-11H2,1H3,(H,25,27)(H,26,28). The molecule has 0 atom stereocenters. The molecule has 2 amide bonds. The van der Waals surface area contributed by atoms with Gasteiger partial charge in [-0.3, -0.25) is 9.59 Å². The van der Waals surface area contributed by atoms with Crippen molar-refractivity contribution in [2.24, 2.45) is 0 Å². The van der Waals surface area contributed by atoms with Crippen LogP contribution in [0, 0.1) is 11.6 Å². The first kappa shape index (κ1) is 20.4. The Morgan fingerprint density at radius 1 is 1.00 bits per heavy atom. The molecule has 9 heteroatoms. The topological polar surface area (TPSA) is 76.7 Å². The quantitative estimate of drug-likeness (QED) is 0.698. The molecule has 5 rings (SSSR count). The summed E-state index contributed by atoms with van der Waals surface area (Å²) in [4.78, 5) is 24.5. The lowest BCUT2D eigenvalue weighted by Crippen LogP contribution is -2.84. The second-order valence-electron chi connectivity index (χ2n) is 7.80. The average Bonchev–Trinajstić information content (AvgIpc) is 2.66. The van der Waals surface area contributed by atoms with Gasteiger partial charge in [-0.15, -0.1) is 0 Å². The van der Waals surface area contributed by atoms with Crippen molar-refractivity contribution >= 4 is 23.4 Å². The molecule has 0 aliphatic heterocycles. The summed E-state index contributed by atoms with van der Waals surface area (Å²) in [6.07, 6.45) is 1.68. The highest BCUT2D eigenvalue weighted by atomic mass is 35.5. The maximum absolute atomic E-state index is 14.1. The first-order valence-electron chi connectivity index (χ1n) is 9.28. The Labute approximate surface area is 176 Å². The van der Waals surface area contributed by atoms with Gasteiger partial charge in [-0.2, -0.15) is 0 Å². The molecule has 30 heavy (non-hydrogen) atoms. The number of hydrogen-bond acceptors (Lipinski definition) is 4. The van der Waals surface area contributed by atoms with E-state index in [2.05, 4.69) is 10.6 Å². The minimum absolute atomic E-state index is 0.0254. The highest BCUT2D eigenvalue weighted by Gasteiger charge is 2.69. The Kier molecular flexibility index (Phi) is 5.05. The Bertz CT molecular complexity index is 1010. The Balaban J connectivity index is 1.25. The van der Waals surface area contributed by atoms with Crippen molar-refractivity contribution in [3.05, 3.63) is 58.6 Å². The van der Waals surface area contributed by atoms with E-state index in [1.165, 1.54) is 31.4 Å². The molecule has 0 spiro atoms. The van der Waals surface area contributed by atoms with Crippen LogP contribution in [0.25, 0.3) is 0 Å². The molecule has 6 nitrogen and oxygen atoms in total. The molecule has 2 bridgehead atoms. The molecule has 2 aromatic carbocycles. The minimum atomic E-state index is -0.655. The lowest BCUT2D eigenvalue weighted by atomic mass is 9.44. The number of rotatable bonds is 7. The third-order valence-corrected chi connectivity index (χ3v) is 5.80. The van der Waals surface area contributed by atoms with E-state index in [1.807, 2.05) is 0 Å². The zero-order valence-corrected chi connectivity index (χ0v) is 16.8. The zero-order valence-electron chi connectivity index (χ0n) is 16.1. The zero-order chi connectivity index (χ0) is 21.5. The molecule has 0 aromatic heterocycles. The third kappa shape index (κ3) is 3.79. The summed E-state index contributed by atoms with van der Waals surface area (Å²) in [5.41, 5.74) is -0.879. The largest absolute Gasteiger partial charge is 0.497 e. The van der Waals surface area contributed by atoms with Gasteiger partial charge in [0, 0.05) is 23.2 Å². The minimum Gasteiger partial charge on any atom is -0.497 e. The van der Waals surface area contributed by atoms with Crippen LogP contribution in [0.3, 0.4) is 0 Å². The van der Waals surface area contributed by atoms with Crippen molar-refractivity contribution in [2.75, 3.05) is 13.7 Å². The Morgan fingerprint density at radius 3 is 2.27 bits per heavy atom.